The average molecular weight is 243 g/mol. The highest BCUT2D eigenvalue weighted by Crippen LogP contribution is 2.21. The monoisotopic (exact) mass is 242 g/mol. The number of fused-ring (bicyclic) bond motifs is 1. The van der Waals surface area contributed by atoms with Gasteiger partial charge in [-0.15, -0.1) is 0 Å². The average Bonchev–Trinajstić information content (AvgIpc) is 2.27. The van der Waals surface area contributed by atoms with E-state index in [-0.39, 0.29) is 11.8 Å². The second kappa shape index (κ2) is 2.73. The van der Waals surface area contributed by atoms with Crippen molar-refractivity contribution >= 4 is 38.1 Å². The van der Waals surface area contributed by atoms with Crippen molar-refractivity contribution in [3.8, 4) is 0 Å². The zero-order valence-electron chi connectivity index (χ0n) is 7.15. The molecule has 0 spiro atoms. The first kappa shape index (κ1) is 8.55. The molecule has 2 heterocycles. The van der Waals surface area contributed by atoms with E-state index in [1.165, 1.54) is 0 Å². The van der Waals surface area contributed by atoms with Crippen molar-refractivity contribution in [1.29, 1.82) is 0 Å². The number of carbonyl (C=O) groups is 1. The normalized spacial score (nSPS) is 26.7. The van der Waals surface area contributed by atoms with Crippen molar-refractivity contribution in [2.24, 2.45) is 21.0 Å². The molecule has 0 radical (unpaired) electrons. The summed E-state index contributed by atoms with van der Waals surface area (Å²) in [7, 11) is 1.77. The van der Waals surface area contributed by atoms with Gasteiger partial charge >= 0.3 is 0 Å². The molecule has 13 heavy (non-hydrogen) atoms. The van der Waals surface area contributed by atoms with E-state index in [2.05, 4.69) is 31.0 Å². The summed E-state index contributed by atoms with van der Waals surface area (Å²) in [4.78, 5) is 19.2. The number of amidine groups is 2. The largest absolute Gasteiger partial charge is 0.271 e. The Morgan fingerprint density at radius 2 is 2.15 bits per heavy atom. The number of rotatable bonds is 0. The van der Waals surface area contributed by atoms with Gasteiger partial charge in [-0.3, -0.25) is 9.80 Å². The summed E-state index contributed by atoms with van der Waals surface area (Å²) in [6.45, 7) is 1.80. The first-order valence-electron chi connectivity index (χ1n) is 3.75. The fourth-order valence-corrected chi connectivity index (χ4v) is 1.78. The highest BCUT2D eigenvalue weighted by molar-refractivity contribution is 9.18. The van der Waals surface area contributed by atoms with Crippen molar-refractivity contribution < 1.29 is 4.79 Å². The Morgan fingerprint density at radius 1 is 1.46 bits per heavy atom. The van der Waals surface area contributed by atoms with Crippen LogP contribution in [0.25, 0.3) is 0 Å². The fourth-order valence-electron chi connectivity index (χ4n) is 1.42. The number of hydrogen-bond acceptors (Lipinski definition) is 4. The number of hydrogen-bond donors (Lipinski definition) is 0. The SMILES string of the molecule is CC1=NN(C)C2=NC(Br)=NC(=O)C12. The van der Waals surface area contributed by atoms with E-state index >= 15 is 0 Å². The number of aliphatic imine (C=N–C) groups is 2. The number of carbonyl (C=O) groups excluding carboxylic acids is 1. The highest BCUT2D eigenvalue weighted by Gasteiger charge is 2.37. The van der Waals surface area contributed by atoms with Crippen molar-refractivity contribution in [2.45, 2.75) is 6.92 Å². The summed E-state index contributed by atoms with van der Waals surface area (Å²) in [5, 5.41) is 5.73. The van der Waals surface area contributed by atoms with Crippen LogP contribution in [0.15, 0.2) is 15.1 Å². The summed E-state index contributed by atoms with van der Waals surface area (Å²) >= 11 is 3.08. The van der Waals surface area contributed by atoms with Crippen LogP contribution in [0.4, 0.5) is 0 Å². The standard InChI is InChI=1S/C7H7BrN4O/c1-3-4-5(12(2)11-3)9-7(8)10-6(4)13/h4H,1-2H3. The summed E-state index contributed by atoms with van der Waals surface area (Å²) < 4.78 is 0.320. The Bertz CT molecular complexity index is 371. The van der Waals surface area contributed by atoms with Crippen LogP contribution < -0.4 is 0 Å². The van der Waals surface area contributed by atoms with Gasteiger partial charge in [0.05, 0.1) is 5.71 Å². The zero-order chi connectivity index (χ0) is 9.59. The topological polar surface area (TPSA) is 57.4 Å². The smallest absolute Gasteiger partial charge is 0.264 e. The molecule has 0 fully saturated rings. The van der Waals surface area contributed by atoms with Crippen molar-refractivity contribution in [2.75, 3.05) is 7.05 Å². The molecule has 0 bridgehead atoms. The lowest BCUT2D eigenvalue weighted by Crippen LogP contribution is -2.33. The molecule has 0 saturated heterocycles. The van der Waals surface area contributed by atoms with Gasteiger partial charge in [-0.2, -0.15) is 10.1 Å². The zero-order valence-corrected chi connectivity index (χ0v) is 8.74. The molecule has 2 aliphatic rings. The molecule has 0 saturated carbocycles. The Balaban J connectivity index is 2.47. The third kappa shape index (κ3) is 1.21. The van der Waals surface area contributed by atoms with Crippen molar-refractivity contribution in [3.05, 3.63) is 0 Å². The molecule has 2 rings (SSSR count). The molecule has 2 aliphatic heterocycles. The van der Waals surface area contributed by atoms with Gasteiger partial charge in [0.2, 0.25) is 4.74 Å². The quantitative estimate of drug-likeness (QED) is 0.585. The lowest BCUT2D eigenvalue weighted by molar-refractivity contribution is -0.118. The molecule has 0 aromatic carbocycles. The van der Waals surface area contributed by atoms with E-state index in [0.29, 0.717) is 10.6 Å². The van der Waals surface area contributed by atoms with Gasteiger partial charge in [0.25, 0.3) is 5.91 Å². The van der Waals surface area contributed by atoms with Crippen molar-refractivity contribution in [1.82, 2.24) is 5.01 Å². The predicted molar refractivity (Wildman–Crippen MR) is 53.2 cm³/mol. The molecule has 1 atom stereocenters. The maximum absolute atomic E-state index is 11.4. The van der Waals surface area contributed by atoms with E-state index < -0.39 is 0 Å². The van der Waals surface area contributed by atoms with Gasteiger partial charge < -0.3 is 0 Å². The van der Waals surface area contributed by atoms with Gasteiger partial charge in [0.15, 0.2) is 0 Å². The Morgan fingerprint density at radius 3 is 2.85 bits per heavy atom. The Labute approximate surface area is 83.4 Å². The van der Waals surface area contributed by atoms with E-state index in [9.17, 15) is 4.79 Å². The van der Waals surface area contributed by atoms with Gasteiger partial charge in [0, 0.05) is 7.05 Å². The molecule has 5 nitrogen and oxygen atoms in total. The molecule has 68 valence electrons. The molecule has 0 N–H and O–H groups in total. The van der Waals surface area contributed by atoms with Crippen LogP contribution in [0.5, 0.6) is 0 Å². The van der Waals surface area contributed by atoms with Gasteiger partial charge in [0.1, 0.15) is 11.8 Å². The van der Waals surface area contributed by atoms with Gasteiger partial charge in [-0.1, -0.05) is 0 Å². The minimum absolute atomic E-state index is 0.206. The number of nitrogens with zero attached hydrogens (tertiary/aromatic N) is 4. The molecule has 0 aromatic heterocycles. The third-order valence-corrected chi connectivity index (χ3v) is 2.33. The highest BCUT2D eigenvalue weighted by atomic mass is 79.9. The number of halogens is 1. The van der Waals surface area contributed by atoms with Crippen LogP contribution in [0, 0.1) is 5.92 Å². The summed E-state index contributed by atoms with van der Waals surface area (Å²) in [6, 6.07) is 0. The van der Waals surface area contributed by atoms with Crippen LogP contribution in [0.1, 0.15) is 6.92 Å². The van der Waals surface area contributed by atoms with Gasteiger partial charge in [-0.25, -0.2) is 4.99 Å². The van der Waals surface area contributed by atoms with E-state index in [0.717, 1.165) is 5.71 Å². The molecular formula is C7H7BrN4O. The first-order valence-corrected chi connectivity index (χ1v) is 4.54. The third-order valence-electron chi connectivity index (χ3n) is 1.97. The van der Waals surface area contributed by atoms with Crippen molar-refractivity contribution in [3.63, 3.8) is 0 Å². The van der Waals surface area contributed by atoms with Crippen LogP contribution in [0.2, 0.25) is 0 Å². The lowest BCUT2D eigenvalue weighted by atomic mass is 10.0. The summed E-state index contributed by atoms with van der Waals surface area (Å²) in [6.07, 6.45) is 0. The van der Waals surface area contributed by atoms with E-state index in [1.54, 1.807) is 19.0 Å². The molecule has 6 heteroatoms. The second-order valence-corrected chi connectivity index (χ2v) is 3.60. The summed E-state index contributed by atoms with van der Waals surface area (Å²) in [5.41, 5.74) is 0.745. The first-order chi connectivity index (χ1) is 6.09. The molecule has 0 aromatic rings. The maximum atomic E-state index is 11.4. The van der Waals surface area contributed by atoms with Crippen LogP contribution >= 0.6 is 15.9 Å². The Hall–Kier alpha value is -1.04. The van der Waals surface area contributed by atoms with Gasteiger partial charge in [-0.05, 0) is 22.9 Å². The predicted octanol–water partition coefficient (Wildman–Crippen LogP) is 0.614. The molecule has 1 amide bonds. The molecule has 1 unspecified atom stereocenters. The molecule has 0 aliphatic carbocycles. The van der Waals surface area contributed by atoms with Crippen LogP contribution in [-0.2, 0) is 4.79 Å². The number of amides is 1. The fraction of sp³-hybridized carbons (Fsp3) is 0.429. The summed E-state index contributed by atoms with van der Waals surface area (Å²) in [5.74, 6) is 0.0677. The van der Waals surface area contributed by atoms with Crippen LogP contribution in [-0.4, -0.2) is 34.3 Å². The minimum atomic E-state index is -0.369. The van der Waals surface area contributed by atoms with Crippen LogP contribution in [0.3, 0.4) is 0 Å². The van der Waals surface area contributed by atoms with E-state index in [1.807, 2.05) is 0 Å². The Kier molecular flexibility index (Phi) is 1.80. The minimum Gasteiger partial charge on any atom is -0.271 e. The maximum Gasteiger partial charge on any atom is 0.264 e. The lowest BCUT2D eigenvalue weighted by Gasteiger charge is -2.14. The second-order valence-electron chi connectivity index (χ2n) is 2.89. The van der Waals surface area contributed by atoms with E-state index in [4.69, 9.17) is 0 Å². The number of hydrazone groups is 1. The molecular weight excluding hydrogens is 236 g/mol.